The highest BCUT2D eigenvalue weighted by atomic mass is 16.5. The summed E-state index contributed by atoms with van der Waals surface area (Å²) in [7, 11) is 1.84. The van der Waals surface area contributed by atoms with Crippen LogP contribution < -0.4 is 10.3 Å². The third-order valence-corrected chi connectivity index (χ3v) is 6.26. The summed E-state index contributed by atoms with van der Waals surface area (Å²) in [6.45, 7) is 5.24. The summed E-state index contributed by atoms with van der Waals surface area (Å²) in [6, 6.07) is 7.46. The Labute approximate surface area is 167 Å². The van der Waals surface area contributed by atoms with E-state index in [4.69, 9.17) is 9.26 Å². The number of nitrogens with zero attached hydrogens (tertiary/aromatic N) is 6. The number of fused-ring (bicyclic) bond motifs is 2. The highest BCUT2D eigenvalue weighted by molar-refractivity contribution is 5.77. The molecule has 10 heteroatoms. The molecule has 0 saturated carbocycles. The van der Waals surface area contributed by atoms with Crippen molar-refractivity contribution in [3.8, 4) is 11.4 Å². The summed E-state index contributed by atoms with van der Waals surface area (Å²) in [5, 5.41) is 6.43. The molecule has 0 spiro atoms. The molecule has 0 bridgehead atoms. The first-order valence-corrected chi connectivity index (χ1v) is 10.0. The second kappa shape index (κ2) is 6.33. The van der Waals surface area contributed by atoms with Crippen molar-refractivity contribution in [1.29, 1.82) is 0 Å². The van der Waals surface area contributed by atoms with Crippen LogP contribution in [0.3, 0.4) is 0 Å². The van der Waals surface area contributed by atoms with Crippen molar-refractivity contribution in [2.24, 2.45) is 0 Å². The third-order valence-electron chi connectivity index (χ3n) is 6.26. The maximum absolute atomic E-state index is 12.1. The maximum Gasteiger partial charge on any atom is 0.324 e. The number of hydrogen-bond acceptors (Lipinski definition) is 8. The molecule has 1 unspecified atom stereocenters. The van der Waals surface area contributed by atoms with Crippen LogP contribution in [0, 0.1) is 0 Å². The van der Waals surface area contributed by atoms with Crippen LogP contribution in [0.1, 0.15) is 5.56 Å². The van der Waals surface area contributed by atoms with Crippen LogP contribution in [0.5, 0.6) is 0 Å². The molecule has 0 radical (unpaired) electrons. The van der Waals surface area contributed by atoms with Crippen molar-refractivity contribution in [3.63, 3.8) is 0 Å². The molecule has 1 aromatic carbocycles. The summed E-state index contributed by atoms with van der Waals surface area (Å²) in [6.07, 6.45) is 0. The Balaban J connectivity index is 1.18. The molecule has 2 amide bonds. The Kier molecular flexibility index (Phi) is 3.72. The zero-order valence-corrected chi connectivity index (χ0v) is 16.2. The molecule has 4 aliphatic rings. The van der Waals surface area contributed by atoms with Crippen LogP contribution >= 0.6 is 0 Å². The van der Waals surface area contributed by atoms with E-state index in [0.717, 1.165) is 37.6 Å². The molecule has 29 heavy (non-hydrogen) atoms. The third kappa shape index (κ3) is 2.74. The number of anilines is 2. The van der Waals surface area contributed by atoms with Gasteiger partial charge in [0, 0.05) is 45.3 Å². The van der Waals surface area contributed by atoms with Crippen molar-refractivity contribution in [2.45, 2.75) is 18.6 Å². The number of hydrogen-bond donors (Lipinski definition) is 1. The molecule has 1 atom stereocenters. The van der Waals surface area contributed by atoms with Gasteiger partial charge in [0.2, 0.25) is 5.82 Å². The van der Waals surface area contributed by atoms with Gasteiger partial charge in [0.25, 0.3) is 0 Å². The maximum atomic E-state index is 12.1. The molecule has 4 aliphatic heterocycles. The molecule has 6 rings (SSSR count). The summed E-state index contributed by atoms with van der Waals surface area (Å²) in [4.78, 5) is 22.5. The monoisotopic (exact) mass is 397 g/mol. The van der Waals surface area contributed by atoms with Crippen molar-refractivity contribution in [3.05, 3.63) is 23.8 Å². The quantitative estimate of drug-likeness (QED) is 0.815. The molecule has 2 aromatic rings. The number of aromatic nitrogens is 2. The van der Waals surface area contributed by atoms with Crippen LogP contribution in [0.25, 0.3) is 11.4 Å². The Morgan fingerprint density at radius 2 is 2.07 bits per heavy atom. The van der Waals surface area contributed by atoms with Gasteiger partial charge in [-0.05, 0) is 11.6 Å². The molecular formula is C19H23N7O3. The number of ether oxygens (including phenoxy) is 1. The van der Waals surface area contributed by atoms with E-state index in [9.17, 15) is 4.79 Å². The Morgan fingerprint density at radius 3 is 2.90 bits per heavy atom. The van der Waals surface area contributed by atoms with Gasteiger partial charge in [-0.15, -0.1) is 0 Å². The van der Waals surface area contributed by atoms with Gasteiger partial charge in [-0.1, -0.05) is 17.3 Å². The van der Waals surface area contributed by atoms with E-state index in [1.807, 2.05) is 18.0 Å². The number of piperazine rings is 1. The van der Waals surface area contributed by atoms with Crippen molar-refractivity contribution < 1.29 is 14.1 Å². The van der Waals surface area contributed by atoms with Crippen LogP contribution in [0.4, 0.5) is 16.5 Å². The minimum absolute atomic E-state index is 0.106. The van der Waals surface area contributed by atoms with Crippen molar-refractivity contribution in [2.75, 3.05) is 56.8 Å². The van der Waals surface area contributed by atoms with Gasteiger partial charge in [-0.25, -0.2) is 9.80 Å². The van der Waals surface area contributed by atoms with Gasteiger partial charge in [0.15, 0.2) is 0 Å². The molecule has 3 fully saturated rings. The lowest BCUT2D eigenvalue weighted by atomic mass is 10.1. The summed E-state index contributed by atoms with van der Waals surface area (Å²) >= 11 is 0. The van der Waals surface area contributed by atoms with Crippen LogP contribution in [0.2, 0.25) is 0 Å². The number of carbonyl (C=O) groups excluding carboxylic acids is 1. The average molecular weight is 397 g/mol. The van der Waals surface area contributed by atoms with Gasteiger partial charge in [-0.2, -0.15) is 4.98 Å². The number of hydrazine groups is 1. The topological polar surface area (TPSA) is 90.2 Å². The molecule has 152 valence electrons. The second-order valence-electron chi connectivity index (χ2n) is 8.16. The van der Waals surface area contributed by atoms with Gasteiger partial charge in [0.1, 0.15) is 0 Å². The summed E-state index contributed by atoms with van der Waals surface area (Å²) in [5.41, 5.74) is 6.73. The van der Waals surface area contributed by atoms with E-state index in [2.05, 4.69) is 37.6 Å². The van der Waals surface area contributed by atoms with Crippen molar-refractivity contribution >= 4 is 17.7 Å². The average Bonchev–Trinajstić information content (AvgIpc) is 3.38. The van der Waals surface area contributed by atoms with Gasteiger partial charge in [-0.3, -0.25) is 0 Å². The lowest BCUT2D eigenvalue weighted by molar-refractivity contribution is -0.0563. The van der Waals surface area contributed by atoms with E-state index < -0.39 is 0 Å². The van der Waals surface area contributed by atoms with E-state index in [1.54, 1.807) is 4.90 Å². The number of likely N-dealkylation sites (N-methyl/N-ethyl adjacent to an activating group) is 1. The summed E-state index contributed by atoms with van der Waals surface area (Å²) < 4.78 is 10.9. The van der Waals surface area contributed by atoms with Crippen LogP contribution in [-0.4, -0.2) is 89.5 Å². The first-order valence-electron chi connectivity index (χ1n) is 10.0. The molecule has 3 saturated heterocycles. The molecular weight excluding hydrogens is 374 g/mol. The van der Waals surface area contributed by atoms with E-state index >= 15 is 0 Å². The summed E-state index contributed by atoms with van der Waals surface area (Å²) in [5.74, 6) is 0.581. The standard InChI is InChI=1S/C19H23N7O3/c1-23-8-14-9-24(4-5-25(14)19(23)27)18-20-17(22-29-18)12-2-3-13-7-26(15-10-28-11-15)21-16(13)6-12/h2-3,6,14-15,21H,4-5,7-11H2,1H3. The number of nitrogens with one attached hydrogen (secondary N) is 1. The first-order chi connectivity index (χ1) is 14.2. The normalized spacial score (nSPS) is 24.5. The molecule has 10 nitrogen and oxygen atoms in total. The van der Waals surface area contributed by atoms with Gasteiger partial charge < -0.3 is 29.4 Å². The number of carbonyl (C=O) groups is 1. The smallest absolute Gasteiger partial charge is 0.324 e. The molecule has 0 aliphatic carbocycles. The van der Waals surface area contributed by atoms with Gasteiger partial charge >= 0.3 is 12.0 Å². The Morgan fingerprint density at radius 1 is 1.17 bits per heavy atom. The second-order valence-corrected chi connectivity index (χ2v) is 8.16. The highest BCUT2D eigenvalue weighted by Gasteiger charge is 2.40. The number of rotatable bonds is 3. The Bertz CT molecular complexity index is 959. The number of amides is 2. The van der Waals surface area contributed by atoms with E-state index in [0.29, 0.717) is 37.5 Å². The minimum atomic E-state index is 0.106. The minimum Gasteiger partial charge on any atom is -0.378 e. The van der Waals surface area contributed by atoms with E-state index in [-0.39, 0.29) is 12.1 Å². The zero-order chi connectivity index (χ0) is 19.5. The SMILES string of the molecule is CN1CC2CN(c3nc(-c4ccc5c(c4)NN(C4COC4)C5)no3)CCN2C1=O. The molecule has 1 aromatic heterocycles. The lowest BCUT2D eigenvalue weighted by Gasteiger charge is -2.35. The molecule has 1 N–H and O–H groups in total. The predicted molar refractivity (Wildman–Crippen MR) is 104 cm³/mol. The fraction of sp³-hybridized carbons (Fsp3) is 0.526. The fourth-order valence-electron chi connectivity index (χ4n) is 4.47. The number of benzene rings is 1. The highest BCUT2D eigenvalue weighted by Crippen LogP contribution is 2.32. The molecule has 5 heterocycles. The van der Waals surface area contributed by atoms with Crippen molar-refractivity contribution in [1.82, 2.24) is 24.9 Å². The Hall–Kier alpha value is -2.85. The van der Waals surface area contributed by atoms with Crippen LogP contribution in [0.15, 0.2) is 22.7 Å². The number of urea groups is 1. The van der Waals surface area contributed by atoms with E-state index in [1.165, 1.54) is 5.56 Å². The largest absolute Gasteiger partial charge is 0.378 e. The first kappa shape index (κ1) is 17.0. The van der Waals surface area contributed by atoms with Crippen LogP contribution in [-0.2, 0) is 11.3 Å². The fourth-order valence-corrected chi connectivity index (χ4v) is 4.47. The zero-order valence-electron chi connectivity index (χ0n) is 16.2. The lowest BCUT2D eigenvalue weighted by Crippen LogP contribution is -2.52. The van der Waals surface area contributed by atoms with Gasteiger partial charge in [0.05, 0.1) is 31.0 Å². The predicted octanol–water partition coefficient (Wildman–Crippen LogP) is 0.834.